The van der Waals surface area contributed by atoms with Crippen LogP contribution in [0.4, 0.5) is 8.78 Å². The Bertz CT molecular complexity index is 519. The number of halogens is 2. The molecular formula is C13H14F2N2O2. The van der Waals surface area contributed by atoms with E-state index in [9.17, 15) is 18.4 Å². The number of nitrogens with zero attached hydrogens (tertiary/aromatic N) is 1. The lowest BCUT2D eigenvalue weighted by Crippen LogP contribution is -2.35. The highest BCUT2D eigenvalue weighted by atomic mass is 19.2. The van der Waals surface area contributed by atoms with Gasteiger partial charge in [-0.2, -0.15) is 0 Å². The van der Waals surface area contributed by atoms with E-state index in [-0.39, 0.29) is 24.9 Å². The van der Waals surface area contributed by atoms with Crippen LogP contribution in [-0.4, -0.2) is 22.8 Å². The van der Waals surface area contributed by atoms with Gasteiger partial charge in [0.05, 0.1) is 0 Å². The Kier molecular flexibility index (Phi) is 3.78. The van der Waals surface area contributed by atoms with Crippen molar-refractivity contribution in [3.05, 3.63) is 35.4 Å². The average molecular weight is 268 g/mol. The molecule has 1 aliphatic heterocycles. The SMILES string of the molecule is NC(=O)CC1CCC(=O)N1Cc1ccc(F)c(F)c1. The van der Waals surface area contributed by atoms with Crippen molar-refractivity contribution >= 4 is 11.8 Å². The third-order valence-electron chi connectivity index (χ3n) is 3.23. The Balaban J connectivity index is 2.12. The Morgan fingerprint density at radius 2 is 2.11 bits per heavy atom. The molecule has 1 atom stereocenters. The lowest BCUT2D eigenvalue weighted by atomic mass is 10.1. The molecule has 4 nitrogen and oxygen atoms in total. The summed E-state index contributed by atoms with van der Waals surface area (Å²) in [6.07, 6.45) is 1.00. The fourth-order valence-electron chi connectivity index (χ4n) is 2.29. The molecule has 0 spiro atoms. The predicted molar refractivity (Wildman–Crippen MR) is 63.7 cm³/mol. The topological polar surface area (TPSA) is 63.4 Å². The first kappa shape index (κ1) is 13.5. The first-order valence-electron chi connectivity index (χ1n) is 5.99. The number of carbonyl (C=O) groups excluding carboxylic acids is 2. The van der Waals surface area contributed by atoms with Gasteiger partial charge in [-0.1, -0.05) is 6.07 Å². The van der Waals surface area contributed by atoms with E-state index >= 15 is 0 Å². The predicted octanol–water partition coefficient (Wildman–Crippen LogP) is 1.33. The highest BCUT2D eigenvalue weighted by molar-refractivity contribution is 5.81. The van der Waals surface area contributed by atoms with Crippen molar-refractivity contribution < 1.29 is 18.4 Å². The minimum absolute atomic E-state index is 0.0927. The molecule has 2 amide bonds. The van der Waals surface area contributed by atoms with Gasteiger partial charge in [0, 0.05) is 25.4 Å². The summed E-state index contributed by atoms with van der Waals surface area (Å²) in [6, 6.07) is 3.25. The van der Waals surface area contributed by atoms with Crippen LogP contribution in [0.2, 0.25) is 0 Å². The van der Waals surface area contributed by atoms with Gasteiger partial charge < -0.3 is 10.6 Å². The second-order valence-electron chi connectivity index (χ2n) is 4.63. The van der Waals surface area contributed by atoms with Crippen LogP contribution in [0.25, 0.3) is 0 Å². The van der Waals surface area contributed by atoms with Crippen molar-refractivity contribution in [3.8, 4) is 0 Å². The Hall–Kier alpha value is -1.98. The standard InChI is InChI=1S/C13H14F2N2O2/c14-10-3-1-8(5-11(10)15)7-17-9(6-12(16)18)2-4-13(17)19/h1,3,5,9H,2,4,6-7H2,(H2,16,18). The lowest BCUT2D eigenvalue weighted by Gasteiger charge is -2.24. The molecule has 1 aromatic carbocycles. The highest BCUT2D eigenvalue weighted by Gasteiger charge is 2.31. The maximum absolute atomic E-state index is 13.1. The Morgan fingerprint density at radius 3 is 2.74 bits per heavy atom. The van der Waals surface area contributed by atoms with Gasteiger partial charge in [0.15, 0.2) is 11.6 Å². The summed E-state index contributed by atoms with van der Waals surface area (Å²) in [6.45, 7) is 0.161. The number of likely N-dealkylation sites (tertiary alicyclic amines) is 1. The van der Waals surface area contributed by atoms with E-state index in [0.29, 0.717) is 18.4 Å². The van der Waals surface area contributed by atoms with E-state index in [1.807, 2.05) is 0 Å². The number of hydrogen-bond acceptors (Lipinski definition) is 2. The summed E-state index contributed by atoms with van der Waals surface area (Å²) in [5.74, 6) is -2.45. The number of hydrogen-bond donors (Lipinski definition) is 1. The van der Waals surface area contributed by atoms with Crippen molar-refractivity contribution in [2.45, 2.75) is 31.8 Å². The molecule has 1 saturated heterocycles. The van der Waals surface area contributed by atoms with Crippen LogP contribution in [0.5, 0.6) is 0 Å². The van der Waals surface area contributed by atoms with Crippen LogP contribution in [0, 0.1) is 11.6 Å². The molecule has 102 valence electrons. The molecule has 2 rings (SSSR count). The normalized spacial score (nSPS) is 18.9. The molecule has 0 bridgehead atoms. The van der Waals surface area contributed by atoms with Crippen molar-refractivity contribution in [1.82, 2.24) is 4.90 Å². The Labute approximate surface area is 109 Å². The highest BCUT2D eigenvalue weighted by Crippen LogP contribution is 2.24. The molecular weight excluding hydrogens is 254 g/mol. The Morgan fingerprint density at radius 1 is 1.37 bits per heavy atom. The first-order chi connectivity index (χ1) is 8.97. The number of primary amides is 1. The van der Waals surface area contributed by atoms with E-state index in [4.69, 9.17) is 5.73 Å². The van der Waals surface area contributed by atoms with Gasteiger partial charge in [-0.25, -0.2) is 8.78 Å². The van der Waals surface area contributed by atoms with Gasteiger partial charge in [0.25, 0.3) is 0 Å². The second-order valence-corrected chi connectivity index (χ2v) is 4.63. The number of carbonyl (C=O) groups is 2. The van der Waals surface area contributed by atoms with Crippen LogP contribution < -0.4 is 5.73 Å². The van der Waals surface area contributed by atoms with Crippen LogP contribution in [-0.2, 0) is 16.1 Å². The van der Waals surface area contributed by atoms with E-state index in [1.54, 1.807) is 0 Å². The minimum Gasteiger partial charge on any atom is -0.370 e. The van der Waals surface area contributed by atoms with Gasteiger partial charge in [-0.05, 0) is 24.1 Å². The quantitative estimate of drug-likeness (QED) is 0.895. The molecule has 6 heteroatoms. The average Bonchev–Trinajstić information content (AvgIpc) is 2.66. The molecule has 1 aromatic rings. The molecule has 0 aliphatic carbocycles. The van der Waals surface area contributed by atoms with Crippen molar-refractivity contribution in [2.75, 3.05) is 0 Å². The maximum atomic E-state index is 13.1. The number of amides is 2. The second kappa shape index (κ2) is 5.34. The van der Waals surface area contributed by atoms with Crippen LogP contribution in [0.15, 0.2) is 18.2 Å². The smallest absolute Gasteiger partial charge is 0.223 e. The van der Waals surface area contributed by atoms with Gasteiger partial charge in [-0.3, -0.25) is 9.59 Å². The fourth-order valence-corrected chi connectivity index (χ4v) is 2.29. The molecule has 19 heavy (non-hydrogen) atoms. The van der Waals surface area contributed by atoms with Crippen molar-refractivity contribution in [2.24, 2.45) is 5.73 Å². The monoisotopic (exact) mass is 268 g/mol. The molecule has 1 aliphatic rings. The number of nitrogens with two attached hydrogens (primary N) is 1. The van der Waals surface area contributed by atoms with Gasteiger partial charge in [0.2, 0.25) is 11.8 Å². The van der Waals surface area contributed by atoms with Crippen LogP contribution >= 0.6 is 0 Å². The molecule has 0 aromatic heterocycles. The zero-order valence-electron chi connectivity index (χ0n) is 10.2. The van der Waals surface area contributed by atoms with Crippen molar-refractivity contribution in [3.63, 3.8) is 0 Å². The van der Waals surface area contributed by atoms with Gasteiger partial charge in [0.1, 0.15) is 0 Å². The lowest BCUT2D eigenvalue weighted by molar-refractivity contribution is -0.130. The summed E-state index contributed by atoms with van der Waals surface area (Å²) >= 11 is 0. The third kappa shape index (κ3) is 3.07. The molecule has 2 N–H and O–H groups in total. The minimum atomic E-state index is -0.949. The third-order valence-corrected chi connectivity index (χ3v) is 3.23. The molecule has 1 fully saturated rings. The summed E-state index contributed by atoms with van der Waals surface area (Å²) < 4.78 is 25.9. The molecule has 0 saturated carbocycles. The van der Waals surface area contributed by atoms with E-state index in [0.717, 1.165) is 12.1 Å². The largest absolute Gasteiger partial charge is 0.370 e. The van der Waals surface area contributed by atoms with Gasteiger partial charge in [-0.15, -0.1) is 0 Å². The molecule has 0 radical (unpaired) electrons. The van der Waals surface area contributed by atoms with Gasteiger partial charge >= 0.3 is 0 Å². The first-order valence-corrected chi connectivity index (χ1v) is 5.99. The summed E-state index contributed by atoms with van der Waals surface area (Å²) in [5.41, 5.74) is 5.62. The summed E-state index contributed by atoms with van der Waals surface area (Å²) in [5, 5.41) is 0. The summed E-state index contributed by atoms with van der Waals surface area (Å²) in [4.78, 5) is 24.2. The zero-order valence-corrected chi connectivity index (χ0v) is 10.2. The van der Waals surface area contributed by atoms with E-state index < -0.39 is 17.5 Å². The maximum Gasteiger partial charge on any atom is 0.223 e. The van der Waals surface area contributed by atoms with E-state index in [1.165, 1.54) is 11.0 Å². The fraction of sp³-hybridized carbons (Fsp3) is 0.385. The zero-order chi connectivity index (χ0) is 14.0. The van der Waals surface area contributed by atoms with Crippen LogP contribution in [0.3, 0.4) is 0 Å². The number of benzene rings is 1. The molecule has 1 unspecified atom stereocenters. The molecule has 1 heterocycles. The van der Waals surface area contributed by atoms with E-state index in [2.05, 4.69) is 0 Å². The summed E-state index contributed by atoms with van der Waals surface area (Å²) in [7, 11) is 0. The van der Waals surface area contributed by atoms with Crippen molar-refractivity contribution in [1.29, 1.82) is 0 Å². The number of rotatable bonds is 4. The van der Waals surface area contributed by atoms with Crippen LogP contribution in [0.1, 0.15) is 24.8 Å².